The van der Waals surface area contributed by atoms with Crippen molar-refractivity contribution < 1.29 is 51.3 Å². The summed E-state index contributed by atoms with van der Waals surface area (Å²) < 4.78 is 55.3. The molecule has 19 nitrogen and oxygen atoms in total. The highest BCUT2D eigenvalue weighted by atomic mass is 32.2. The molecule has 21 heteroatoms. The molecule has 5 N–H and O–H groups in total. The van der Waals surface area contributed by atoms with E-state index >= 15 is 0 Å². The molecule has 0 heterocycles. The summed E-state index contributed by atoms with van der Waals surface area (Å²) in [7, 11) is -6.03. The van der Waals surface area contributed by atoms with Crippen LogP contribution >= 0.6 is 0 Å². The summed E-state index contributed by atoms with van der Waals surface area (Å²) in [4.78, 5) is 54.6. The Morgan fingerprint density at radius 3 is 2.04 bits per heavy atom. The molecule has 0 aliphatic heterocycles. The lowest BCUT2D eigenvalue weighted by Crippen LogP contribution is -2.57. The Balaban J connectivity index is 2.84. The summed E-state index contributed by atoms with van der Waals surface area (Å²) in [5.74, 6) is -2.73. The molecule has 0 fully saturated rings. The number of carbonyl (C=O) groups excluding carboxylic acids is 4. The van der Waals surface area contributed by atoms with Gasteiger partial charge in [0, 0.05) is 32.5 Å². The predicted molar refractivity (Wildman–Crippen MR) is 212 cm³/mol. The van der Waals surface area contributed by atoms with Crippen LogP contribution in [0.5, 0.6) is 0 Å². The number of hydrogen-bond acceptors (Lipinski definition) is 12. The van der Waals surface area contributed by atoms with E-state index in [-0.39, 0.29) is 64.5 Å². The van der Waals surface area contributed by atoms with Gasteiger partial charge in [-0.15, -0.1) is 0 Å². The molecular weight excluding hydrogens is 769 g/mol. The average Bonchev–Trinajstić information content (AvgIpc) is 3.14. The van der Waals surface area contributed by atoms with Crippen molar-refractivity contribution in [1.82, 2.24) is 20.3 Å². The molecule has 0 spiro atoms. The van der Waals surface area contributed by atoms with Crippen LogP contribution in [0.3, 0.4) is 0 Å². The second kappa shape index (κ2) is 28.6. The number of hydrogen-bond donors (Lipinski definition) is 4. The highest BCUT2D eigenvalue weighted by Gasteiger charge is 2.36. The van der Waals surface area contributed by atoms with E-state index in [2.05, 4.69) is 26.0 Å². The van der Waals surface area contributed by atoms with Crippen LogP contribution in [0.1, 0.15) is 38.7 Å². The maximum atomic E-state index is 14.1. The number of amides is 5. The van der Waals surface area contributed by atoms with Crippen molar-refractivity contribution in [3.63, 3.8) is 0 Å². The maximum Gasteiger partial charge on any atom is 0.312 e. The van der Waals surface area contributed by atoms with Gasteiger partial charge in [0.25, 0.3) is 5.91 Å². The summed E-state index contributed by atoms with van der Waals surface area (Å²) in [6.07, 6.45) is 0.0809. The fourth-order valence-electron chi connectivity index (χ4n) is 4.71. The topological polar surface area (TPSA) is 263 Å². The molecule has 0 radical (unpaired) electrons. The molecule has 56 heavy (non-hydrogen) atoms. The second-order valence-electron chi connectivity index (χ2n) is 14.2. The number of rotatable bonds is 32. The van der Waals surface area contributed by atoms with Crippen molar-refractivity contribution in [3.05, 3.63) is 46.3 Å². The molecule has 1 aromatic carbocycles. The summed E-state index contributed by atoms with van der Waals surface area (Å²) >= 11 is 0. The second-order valence-corrected chi connectivity index (χ2v) is 21.8. The smallest absolute Gasteiger partial charge is 0.312 e. The van der Waals surface area contributed by atoms with Crippen LogP contribution in [0.25, 0.3) is 10.4 Å². The largest absolute Gasteiger partial charge is 0.379 e. The van der Waals surface area contributed by atoms with Crippen LogP contribution in [0.15, 0.2) is 35.4 Å². The first-order valence-corrected chi connectivity index (χ1v) is 24.0. The number of primary amides is 1. The van der Waals surface area contributed by atoms with Gasteiger partial charge in [0.2, 0.25) is 21.8 Å². The van der Waals surface area contributed by atoms with E-state index in [0.29, 0.717) is 43.4 Å². The quantitative estimate of drug-likeness (QED) is 0.0205. The Bertz CT molecular complexity index is 1460. The summed E-state index contributed by atoms with van der Waals surface area (Å²) in [5, 5.41) is 11.2. The van der Waals surface area contributed by atoms with Gasteiger partial charge in [0.05, 0.1) is 65.2 Å². The van der Waals surface area contributed by atoms with E-state index in [9.17, 15) is 27.6 Å². The van der Waals surface area contributed by atoms with E-state index in [1.165, 1.54) is 0 Å². The fourth-order valence-corrected chi connectivity index (χ4v) is 9.05. The molecule has 0 bridgehead atoms. The van der Waals surface area contributed by atoms with Gasteiger partial charge >= 0.3 is 6.03 Å². The van der Waals surface area contributed by atoms with Gasteiger partial charge in [0.1, 0.15) is 18.8 Å². The summed E-state index contributed by atoms with van der Waals surface area (Å²) in [6, 6.07) is 6.28. The Hall–Kier alpha value is -3.82. The lowest BCUT2D eigenvalue weighted by molar-refractivity contribution is -0.137. The van der Waals surface area contributed by atoms with Gasteiger partial charge in [-0.2, -0.15) is 0 Å². The lowest BCUT2D eigenvalue weighted by Gasteiger charge is -2.30. The third-order valence-corrected chi connectivity index (χ3v) is 11.6. The highest BCUT2D eigenvalue weighted by molar-refractivity contribution is 7.89. The van der Waals surface area contributed by atoms with E-state index < -0.39 is 66.6 Å². The van der Waals surface area contributed by atoms with Crippen molar-refractivity contribution in [2.75, 3.05) is 78.4 Å². The molecule has 2 atom stereocenters. The van der Waals surface area contributed by atoms with E-state index in [1.54, 1.807) is 26.0 Å². The van der Waals surface area contributed by atoms with E-state index in [4.69, 9.17) is 34.9 Å². The van der Waals surface area contributed by atoms with E-state index in [0.717, 1.165) is 5.56 Å². The number of nitrogens with two attached hydrogens (primary N) is 1. The minimum atomic E-state index is -4.18. The minimum absolute atomic E-state index is 0.0426. The average molecular weight is 831 g/mol. The third-order valence-electron chi connectivity index (χ3n) is 7.85. The van der Waals surface area contributed by atoms with Gasteiger partial charge < -0.3 is 45.4 Å². The first-order chi connectivity index (χ1) is 26.6. The van der Waals surface area contributed by atoms with Crippen molar-refractivity contribution in [2.45, 2.75) is 77.5 Å². The number of nitrogens with one attached hydrogen (secondary N) is 3. The Morgan fingerprint density at radius 1 is 0.893 bits per heavy atom. The first-order valence-electron chi connectivity index (χ1n) is 18.7. The zero-order valence-corrected chi connectivity index (χ0v) is 35.2. The van der Waals surface area contributed by atoms with E-state index in [1.807, 2.05) is 37.8 Å². The van der Waals surface area contributed by atoms with Crippen molar-refractivity contribution in [3.8, 4) is 0 Å². The number of azide groups is 1. The maximum absolute atomic E-state index is 14.1. The summed E-state index contributed by atoms with van der Waals surface area (Å²) in [5.41, 5.74) is 14.2. The Morgan fingerprint density at radius 2 is 1.48 bits per heavy atom. The minimum Gasteiger partial charge on any atom is -0.379 e. The van der Waals surface area contributed by atoms with Crippen LogP contribution in [0.4, 0.5) is 4.79 Å². The SMILES string of the molecule is CC(C)[C@H](NC(=O)CCOCCOCCOCCOCCN=[N+]=[N-])C(=O)NC(CCCNC(N)=O)C(=O)N(COCc1ccccc1)S(=O)(=O)CC[Si](C)(C)C. The fraction of sp³-hybridized carbons (Fsp3) is 0.714. The van der Waals surface area contributed by atoms with Crippen molar-refractivity contribution in [1.29, 1.82) is 0 Å². The van der Waals surface area contributed by atoms with Crippen LogP contribution in [-0.2, 0) is 54.7 Å². The number of urea groups is 1. The monoisotopic (exact) mass is 830 g/mol. The summed E-state index contributed by atoms with van der Waals surface area (Å²) in [6.45, 7) is 11.6. The Kier molecular flexibility index (Phi) is 25.6. The molecule has 0 saturated heterocycles. The molecule has 318 valence electrons. The highest BCUT2D eigenvalue weighted by Crippen LogP contribution is 2.17. The molecule has 5 amide bonds. The molecule has 1 rings (SSSR count). The number of benzene rings is 1. The molecule has 0 saturated carbocycles. The molecule has 0 aliphatic carbocycles. The Labute approximate surface area is 331 Å². The zero-order chi connectivity index (χ0) is 41.8. The van der Waals surface area contributed by atoms with Crippen molar-refractivity contribution in [2.24, 2.45) is 16.8 Å². The number of nitrogens with zero attached hydrogens (tertiary/aromatic N) is 4. The lowest BCUT2D eigenvalue weighted by atomic mass is 10.0. The van der Waals surface area contributed by atoms with Gasteiger partial charge in [-0.1, -0.05) is 68.9 Å². The zero-order valence-electron chi connectivity index (χ0n) is 33.4. The molecule has 0 aromatic heterocycles. The van der Waals surface area contributed by atoms with Gasteiger partial charge in [-0.25, -0.2) is 17.5 Å². The van der Waals surface area contributed by atoms with Gasteiger partial charge in [0.15, 0.2) is 0 Å². The van der Waals surface area contributed by atoms with Crippen LogP contribution < -0.4 is 21.7 Å². The van der Waals surface area contributed by atoms with Crippen molar-refractivity contribution >= 4 is 41.8 Å². The molecular formula is C35H62N8O11SSi. The molecule has 1 aromatic rings. The standard InChI is InChI=1S/C35H62N8O11SSi/c1-28(2)32(41-31(44)13-16-50-18-20-52-22-23-53-21-19-51-17-15-39-42-37)33(45)40-30(12-9-14-38-35(36)47)34(46)43(55(48,49)24-25-56(3,4)5)27-54-26-29-10-7-6-8-11-29/h6-8,10-11,28,30,32H,9,12-27H2,1-5H3,(H,40,45)(H,41,44)(H3,36,38,47)/t30?,32-/m0/s1. The van der Waals surface area contributed by atoms with Crippen LogP contribution in [-0.4, -0.2) is 135 Å². The third kappa shape index (κ3) is 24.0. The number of ether oxygens (including phenoxy) is 5. The van der Waals surface area contributed by atoms with Gasteiger partial charge in [-0.3, -0.25) is 14.4 Å². The number of sulfonamides is 1. The van der Waals surface area contributed by atoms with Crippen LogP contribution in [0.2, 0.25) is 25.7 Å². The number of carbonyl (C=O) groups is 4. The van der Waals surface area contributed by atoms with Gasteiger partial charge in [-0.05, 0) is 35.9 Å². The first kappa shape index (κ1) is 50.2. The molecule has 1 unspecified atom stereocenters. The molecule has 0 aliphatic rings. The van der Waals surface area contributed by atoms with Crippen LogP contribution in [0, 0.1) is 5.92 Å². The predicted octanol–water partition coefficient (Wildman–Crippen LogP) is 2.50. The normalized spacial score (nSPS) is 12.7.